The second-order valence-electron chi connectivity index (χ2n) is 8.64. The number of terminal acetylenes is 1. The quantitative estimate of drug-likeness (QED) is 0.573. The van der Waals surface area contributed by atoms with Gasteiger partial charge in [-0.15, -0.1) is 6.42 Å². The van der Waals surface area contributed by atoms with Crippen molar-refractivity contribution in [3.8, 4) is 12.3 Å². The molecule has 4 rings (SSSR count). The fraction of sp³-hybridized carbons (Fsp3) is 0.714. The zero-order valence-electron chi connectivity index (χ0n) is 14.8. The summed E-state index contributed by atoms with van der Waals surface area (Å²) in [5.74, 6) is 5.18. The molecule has 134 valence electrons. The maximum Gasteiger partial charge on any atom is 0.507 e. The first-order valence-electron chi connectivity index (χ1n) is 9.53. The van der Waals surface area contributed by atoms with Gasteiger partial charge in [0, 0.05) is 11.8 Å². The van der Waals surface area contributed by atoms with Gasteiger partial charge in [-0.25, -0.2) is 4.79 Å². The summed E-state index contributed by atoms with van der Waals surface area (Å²) in [6.45, 7) is 2.15. The predicted molar refractivity (Wildman–Crippen MR) is 92.8 cm³/mol. The van der Waals surface area contributed by atoms with Crippen LogP contribution in [0.3, 0.4) is 0 Å². The molecule has 0 spiro atoms. The lowest BCUT2D eigenvalue weighted by Crippen LogP contribution is -2.53. The molecule has 4 heteroatoms. The molecular weight excluding hydrogens is 316 g/mol. The number of hydrogen-bond acceptors (Lipinski definition) is 3. The van der Waals surface area contributed by atoms with Crippen LogP contribution in [0.2, 0.25) is 0 Å². The van der Waals surface area contributed by atoms with E-state index in [2.05, 4.69) is 12.8 Å². The summed E-state index contributed by atoms with van der Waals surface area (Å²) in [7, 11) is 0. The highest BCUT2D eigenvalue weighted by atomic mass is 16.7. The molecule has 6 atom stereocenters. The lowest BCUT2D eigenvalue weighted by Gasteiger charge is -2.55. The third-order valence-electron chi connectivity index (χ3n) is 7.91. The van der Waals surface area contributed by atoms with Crippen LogP contribution in [0.5, 0.6) is 0 Å². The van der Waals surface area contributed by atoms with Gasteiger partial charge in [-0.3, -0.25) is 4.79 Å². The summed E-state index contributed by atoms with van der Waals surface area (Å²) >= 11 is 0. The van der Waals surface area contributed by atoms with E-state index in [1.54, 1.807) is 0 Å². The minimum absolute atomic E-state index is 0.271. The first-order chi connectivity index (χ1) is 11.9. The number of ether oxygens (including phenoxy) is 1. The van der Waals surface area contributed by atoms with E-state index in [9.17, 15) is 14.7 Å². The Balaban J connectivity index is 1.64. The summed E-state index contributed by atoms with van der Waals surface area (Å²) < 4.78 is 5.35. The number of carbonyl (C=O) groups is 2. The molecule has 4 nitrogen and oxygen atoms in total. The van der Waals surface area contributed by atoms with Crippen molar-refractivity contribution >= 4 is 11.9 Å². The Bertz CT molecular complexity index is 686. The molecule has 0 bridgehead atoms. The van der Waals surface area contributed by atoms with Crippen molar-refractivity contribution in [3.63, 3.8) is 0 Å². The molecule has 0 aromatic heterocycles. The number of carboxylic acid groups (broad SMARTS) is 1. The fourth-order valence-corrected chi connectivity index (χ4v) is 6.76. The maximum absolute atomic E-state index is 11.8. The summed E-state index contributed by atoms with van der Waals surface area (Å²) in [4.78, 5) is 23.0. The molecule has 25 heavy (non-hydrogen) atoms. The Morgan fingerprint density at radius 1 is 1.24 bits per heavy atom. The van der Waals surface area contributed by atoms with Gasteiger partial charge in [0.25, 0.3) is 0 Å². The van der Waals surface area contributed by atoms with E-state index in [0.29, 0.717) is 36.5 Å². The number of rotatable bonds is 1. The van der Waals surface area contributed by atoms with Crippen LogP contribution < -0.4 is 0 Å². The van der Waals surface area contributed by atoms with E-state index in [0.717, 1.165) is 38.5 Å². The van der Waals surface area contributed by atoms with Gasteiger partial charge in [-0.05, 0) is 74.7 Å². The minimum atomic E-state index is -1.26. The van der Waals surface area contributed by atoms with Gasteiger partial charge in [0.15, 0.2) is 11.4 Å². The highest BCUT2D eigenvalue weighted by Gasteiger charge is 2.64. The van der Waals surface area contributed by atoms with Gasteiger partial charge in [-0.2, -0.15) is 0 Å². The average Bonchev–Trinajstić information content (AvgIpc) is 2.87. The SMILES string of the molecule is C#C[C@]1(OC(=O)O)CC[C@H]2[C@@H]3CCC4=CC(=O)CC[C@@H]4[C@H]3CC[C@@]21C. The van der Waals surface area contributed by atoms with E-state index >= 15 is 0 Å². The fourth-order valence-electron chi connectivity index (χ4n) is 6.76. The monoisotopic (exact) mass is 342 g/mol. The molecule has 0 aliphatic heterocycles. The molecule has 0 unspecified atom stereocenters. The second kappa shape index (κ2) is 5.62. The number of hydrogen-bond donors (Lipinski definition) is 1. The minimum Gasteiger partial charge on any atom is -0.450 e. The number of carbonyl (C=O) groups excluding carboxylic acids is 1. The van der Waals surface area contributed by atoms with Crippen LogP contribution in [-0.2, 0) is 9.53 Å². The highest BCUT2D eigenvalue weighted by molar-refractivity contribution is 5.91. The number of fused-ring (bicyclic) bond motifs is 5. The molecule has 4 aliphatic rings. The van der Waals surface area contributed by atoms with Crippen LogP contribution in [0.4, 0.5) is 4.79 Å². The van der Waals surface area contributed by atoms with Gasteiger partial charge < -0.3 is 9.84 Å². The molecule has 0 saturated heterocycles. The van der Waals surface area contributed by atoms with Crippen LogP contribution in [0.15, 0.2) is 11.6 Å². The van der Waals surface area contributed by atoms with Crippen molar-refractivity contribution in [2.45, 2.75) is 63.9 Å². The molecular formula is C21H26O4. The largest absolute Gasteiger partial charge is 0.507 e. The van der Waals surface area contributed by atoms with Gasteiger partial charge in [0.2, 0.25) is 0 Å². The Morgan fingerprint density at radius 3 is 2.76 bits per heavy atom. The molecule has 0 heterocycles. The first-order valence-corrected chi connectivity index (χ1v) is 9.53. The van der Waals surface area contributed by atoms with E-state index in [-0.39, 0.29) is 11.2 Å². The molecule has 0 amide bonds. The van der Waals surface area contributed by atoms with Crippen LogP contribution in [0.1, 0.15) is 58.3 Å². The molecule has 3 fully saturated rings. The van der Waals surface area contributed by atoms with Crippen molar-refractivity contribution < 1.29 is 19.4 Å². The van der Waals surface area contributed by atoms with Crippen molar-refractivity contribution in [3.05, 3.63) is 11.6 Å². The summed E-state index contributed by atoms with van der Waals surface area (Å²) in [5.41, 5.74) is 0.115. The Kier molecular flexibility index (Phi) is 3.76. The van der Waals surface area contributed by atoms with E-state index in [4.69, 9.17) is 11.2 Å². The van der Waals surface area contributed by atoms with Gasteiger partial charge >= 0.3 is 6.16 Å². The van der Waals surface area contributed by atoms with Gasteiger partial charge in [0.1, 0.15) is 0 Å². The van der Waals surface area contributed by atoms with Crippen LogP contribution in [0, 0.1) is 41.4 Å². The second-order valence-corrected chi connectivity index (χ2v) is 8.64. The summed E-state index contributed by atoms with van der Waals surface area (Å²) in [5, 5.41) is 9.23. The Hall–Kier alpha value is -1.76. The molecule has 0 aromatic rings. The van der Waals surface area contributed by atoms with E-state index in [1.807, 2.05) is 6.08 Å². The third-order valence-corrected chi connectivity index (χ3v) is 7.91. The van der Waals surface area contributed by atoms with E-state index < -0.39 is 11.8 Å². The van der Waals surface area contributed by atoms with E-state index in [1.165, 1.54) is 5.57 Å². The summed E-state index contributed by atoms with van der Waals surface area (Å²) in [6, 6.07) is 0. The normalized spacial score (nSPS) is 45.4. The Labute approximate surface area is 149 Å². The zero-order chi connectivity index (χ0) is 17.8. The highest BCUT2D eigenvalue weighted by Crippen LogP contribution is 2.65. The average molecular weight is 342 g/mol. The number of allylic oxidation sites excluding steroid dienone is 1. The lowest BCUT2D eigenvalue weighted by atomic mass is 9.50. The van der Waals surface area contributed by atoms with Crippen molar-refractivity contribution in [2.75, 3.05) is 0 Å². The molecule has 3 saturated carbocycles. The van der Waals surface area contributed by atoms with Gasteiger partial charge in [-0.1, -0.05) is 18.4 Å². The Morgan fingerprint density at radius 2 is 2.04 bits per heavy atom. The first kappa shape index (κ1) is 16.7. The smallest absolute Gasteiger partial charge is 0.450 e. The zero-order valence-corrected chi connectivity index (χ0v) is 14.8. The van der Waals surface area contributed by atoms with Crippen molar-refractivity contribution in [2.24, 2.45) is 29.1 Å². The van der Waals surface area contributed by atoms with Crippen molar-refractivity contribution in [1.29, 1.82) is 0 Å². The summed E-state index contributed by atoms with van der Waals surface area (Å²) in [6.07, 6.45) is 13.8. The molecule has 4 aliphatic carbocycles. The lowest BCUT2D eigenvalue weighted by molar-refractivity contribution is -0.117. The maximum atomic E-state index is 11.8. The molecule has 0 radical (unpaired) electrons. The predicted octanol–water partition coefficient (Wildman–Crippen LogP) is 4.19. The third kappa shape index (κ3) is 2.28. The number of ketones is 1. The van der Waals surface area contributed by atoms with Crippen LogP contribution >= 0.6 is 0 Å². The van der Waals surface area contributed by atoms with Crippen LogP contribution in [-0.4, -0.2) is 22.6 Å². The van der Waals surface area contributed by atoms with Crippen molar-refractivity contribution in [1.82, 2.24) is 0 Å². The molecule has 0 aromatic carbocycles. The molecule has 1 N–H and O–H groups in total. The standard InChI is InChI=1S/C21H26O4/c1-3-21(25-19(23)24)11-9-18-17-6-4-13-12-14(22)5-7-15(13)16(17)8-10-20(18,21)2/h1,12,15-18H,4-11H2,2H3,(H,23,24)/t15-,16+,17+,18-,20-,21-/m0/s1. The van der Waals surface area contributed by atoms with Crippen LogP contribution in [0.25, 0.3) is 0 Å². The van der Waals surface area contributed by atoms with Gasteiger partial charge in [0.05, 0.1) is 0 Å². The topological polar surface area (TPSA) is 63.6 Å².